The zero-order chi connectivity index (χ0) is 85.7. The molecule has 0 aliphatic rings. The Morgan fingerprint density at radius 2 is 0.642 bits per heavy atom. The minimum absolute atomic E-state index is 0. The smallest absolute Gasteiger partial charge is 0.155 e. The van der Waals surface area contributed by atoms with Crippen LogP contribution in [0.5, 0.6) is 0 Å². The van der Waals surface area contributed by atoms with Crippen molar-refractivity contribution in [2.24, 2.45) is 0 Å². The van der Waals surface area contributed by atoms with Gasteiger partial charge in [-0.15, -0.1) is 106 Å². The minimum Gasteiger partial charge on any atom is -0.512 e. The van der Waals surface area contributed by atoms with Crippen LogP contribution in [0.3, 0.4) is 0 Å². The average molecular weight is 2160 g/mol. The maximum Gasteiger partial charge on any atom is 0.155 e. The van der Waals surface area contributed by atoms with E-state index in [1.807, 2.05) is 73.2 Å². The van der Waals surface area contributed by atoms with Crippen LogP contribution in [-0.4, -0.2) is 47.6 Å². The molecular formula is C108H100Ir3N3O9-3. The van der Waals surface area contributed by atoms with Crippen LogP contribution in [-0.2, 0) is 80.1 Å². The zero-order valence-electron chi connectivity index (χ0n) is 71.7. The molecule has 0 spiro atoms. The topological polar surface area (TPSA) is 190 Å². The van der Waals surface area contributed by atoms with E-state index < -0.39 is 0 Å². The molecule has 0 aliphatic heterocycles. The van der Waals surface area contributed by atoms with Crippen LogP contribution in [0.15, 0.2) is 334 Å². The average Bonchev–Trinajstić information content (AvgIpc) is 1.74. The number of nitrogens with zero attached hydrogens (tertiary/aromatic N) is 3. The first-order chi connectivity index (χ1) is 57.5. The van der Waals surface area contributed by atoms with Gasteiger partial charge in [0.15, 0.2) is 17.3 Å². The standard InChI is InChI=1S/C33H24NO.C31H28NO.C29H24NO.3C5H8O2.3Ir/c1-22-8-6-9-23(2)33(22)26-16-14-25(15-17-26)31-19-29-21-34-30(20-32(29)35-31)28-13-7-12-27(18-28)24-10-4-3-5-11-24;1-20(2)25-14-26(21(3)4)16-27(15-25)30-17-28-19-32-29(18-31(28)33-30)24-12-8-11-23(13-24)22-9-6-5-7-10-22;1-29(2,3)25-14-12-21(13-15-25)27-17-24-19-30-26(18-28(24)31-27)23-11-7-10-22(16-23)20-8-5-4-6-9-20;3*1-4(6)3-5(2)7;;;/h3-12,14-21H,1-2H3;5-11,13-21H,1-4H3;4-10,12-19H,1-3H3;3*3,6H,1-2H3;;;/q3*-1;;;;;;. The summed E-state index contributed by atoms with van der Waals surface area (Å²) in [6, 6.07) is 102. The molecule has 16 aromatic rings. The van der Waals surface area contributed by atoms with E-state index in [-0.39, 0.29) is 100 Å². The molecule has 10 aromatic carbocycles. The Balaban J connectivity index is 0.000000202. The van der Waals surface area contributed by atoms with Crippen molar-refractivity contribution < 1.29 is 103 Å². The first-order valence-corrected chi connectivity index (χ1v) is 40.0. The Morgan fingerprint density at radius 3 is 0.927 bits per heavy atom. The predicted octanol–water partition coefficient (Wildman–Crippen LogP) is 28.8. The summed E-state index contributed by atoms with van der Waals surface area (Å²) in [5.74, 6) is 3.33. The van der Waals surface area contributed by atoms with Crippen molar-refractivity contribution in [3.63, 3.8) is 0 Å². The molecule has 0 fully saturated rings. The minimum atomic E-state index is -0.125. The molecule has 123 heavy (non-hydrogen) atoms. The zero-order valence-corrected chi connectivity index (χ0v) is 78.8. The normalized spacial score (nSPS) is 11.2. The van der Waals surface area contributed by atoms with Gasteiger partial charge in [-0.25, -0.2) is 0 Å². The van der Waals surface area contributed by atoms with E-state index in [4.69, 9.17) is 38.5 Å². The van der Waals surface area contributed by atoms with E-state index in [0.717, 1.165) is 117 Å². The SMILES string of the molecule is CC(=O)C=C(C)O.CC(=O)C=C(C)O.CC(=O)C=C(C)O.CC(C)(C)c1ccc(-c2cc3cnc(-c4[c-]ccc(-c5ccccc5)c4)cc3o2)cc1.CC(C)c1cc(-c2cc3cnc(-c4[c-]ccc(-c5ccccc5)c4)cc3o2)cc(C(C)C)c1.Cc1cccc(C)c1-c1ccc(-c2cc3cnc(-c4[c-]ccc(-c5ccccc5)c4)cc3o2)cc1.[Ir].[Ir].[Ir]. The number of ketones is 3. The summed E-state index contributed by atoms with van der Waals surface area (Å²) < 4.78 is 18.8. The molecular weight excluding hydrogens is 2060 g/mol. The summed E-state index contributed by atoms with van der Waals surface area (Å²) in [5, 5.41) is 28.1. The van der Waals surface area contributed by atoms with Crippen LogP contribution < -0.4 is 0 Å². The first kappa shape index (κ1) is 96.3. The summed E-state index contributed by atoms with van der Waals surface area (Å²) in [6.45, 7) is 28.5. The molecule has 16 rings (SSSR count). The molecule has 0 atom stereocenters. The number of benzene rings is 10. The van der Waals surface area contributed by atoms with E-state index in [1.54, 1.807) is 0 Å². The van der Waals surface area contributed by atoms with Crippen molar-refractivity contribution in [2.45, 2.75) is 121 Å². The number of furan rings is 3. The van der Waals surface area contributed by atoms with Gasteiger partial charge in [0.05, 0.1) is 17.3 Å². The van der Waals surface area contributed by atoms with Gasteiger partial charge in [-0.3, -0.25) is 14.4 Å². The number of rotatable bonds is 15. The Bertz CT molecular complexity index is 6210. The first-order valence-electron chi connectivity index (χ1n) is 40.0. The van der Waals surface area contributed by atoms with E-state index in [1.165, 1.54) is 115 Å². The summed E-state index contributed by atoms with van der Waals surface area (Å²) in [4.78, 5) is 44.1. The molecule has 0 saturated heterocycles. The molecule has 0 unspecified atom stereocenters. The Morgan fingerprint density at radius 1 is 0.341 bits per heavy atom. The van der Waals surface area contributed by atoms with Gasteiger partial charge in [0.25, 0.3) is 0 Å². The van der Waals surface area contributed by atoms with Crippen LogP contribution in [0, 0.1) is 32.0 Å². The number of allylic oxidation sites excluding steroid dienone is 6. The molecule has 6 aromatic heterocycles. The fourth-order valence-electron chi connectivity index (χ4n) is 13.5. The molecule has 6 heterocycles. The van der Waals surface area contributed by atoms with Gasteiger partial charge >= 0.3 is 0 Å². The van der Waals surface area contributed by atoms with Gasteiger partial charge in [-0.2, -0.15) is 0 Å². The second kappa shape index (κ2) is 45.1. The number of aryl methyl sites for hydroxylation is 2. The van der Waals surface area contributed by atoms with Gasteiger partial charge in [0, 0.05) is 130 Å². The second-order valence-electron chi connectivity index (χ2n) is 31.3. The summed E-state index contributed by atoms with van der Waals surface area (Å²) >= 11 is 0. The van der Waals surface area contributed by atoms with Crippen molar-refractivity contribution in [3.05, 3.63) is 367 Å². The number of carbonyl (C=O) groups excluding carboxylic acids is 3. The predicted molar refractivity (Wildman–Crippen MR) is 490 cm³/mol. The summed E-state index contributed by atoms with van der Waals surface area (Å²) in [5.41, 5.74) is 27.4. The fourth-order valence-corrected chi connectivity index (χ4v) is 13.5. The molecule has 12 nitrogen and oxygen atoms in total. The maximum absolute atomic E-state index is 10.0. The van der Waals surface area contributed by atoms with Crippen molar-refractivity contribution in [2.75, 3.05) is 0 Å². The third-order valence-corrected chi connectivity index (χ3v) is 19.6. The molecule has 0 saturated carbocycles. The molecule has 0 aliphatic carbocycles. The number of aliphatic hydroxyl groups excluding tert-OH is 3. The summed E-state index contributed by atoms with van der Waals surface area (Å²) in [6.07, 6.45) is 9.16. The van der Waals surface area contributed by atoms with Crippen molar-refractivity contribution in [3.8, 4) is 112 Å². The van der Waals surface area contributed by atoms with Crippen molar-refractivity contribution >= 4 is 50.3 Å². The number of fused-ring (bicyclic) bond motifs is 3. The van der Waals surface area contributed by atoms with Gasteiger partial charge < -0.3 is 43.5 Å². The maximum atomic E-state index is 10.0. The largest absolute Gasteiger partial charge is 0.512 e. The number of hydrogen-bond acceptors (Lipinski definition) is 12. The van der Waals surface area contributed by atoms with E-state index >= 15 is 0 Å². The van der Waals surface area contributed by atoms with E-state index in [2.05, 4.69) is 298 Å². The monoisotopic (exact) mass is 2160 g/mol. The van der Waals surface area contributed by atoms with Crippen LogP contribution in [0.25, 0.3) is 145 Å². The Hall–Kier alpha value is -12.2. The van der Waals surface area contributed by atoms with Crippen LogP contribution in [0.2, 0.25) is 0 Å². The summed E-state index contributed by atoms with van der Waals surface area (Å²) in [7, 11) is 0. The van der Waals surface area contributed by atoms with Gasteiger partial charge in [0.1, 0.15) is 34.0 Å². The molecule has 3 radical (unpaired) electrons. The third-order valence-electron chi connectivity index (χ3n) is 19.6. The van der Waals surface area contributed by atoms with Crippen LogP contribution >= 0.6 is 0 Å². The Kier molecular flexibility index (Phi) is 35.3. The number of hydrogen-bond donors (Lipinski definition) is 3. The Labute approximate surface area is 762 Å². The number of aliphatic hydroxyl groups is 3. The van der Waals surface area contributed by atoms with Crippen LogP contribution in [0.1, 0.15) is 130 Å². The molecule has 0 bridgehead atoms. The van der Waals surface area contributed by atoms with Crippen molar-refractivity contribution in [1.82, 2.24) is 15.0 Å². The number of carbonyl (C=O) groups is 3. The second-order valence-corrected chi connectivity index (χ2v) is 31.3. The van der Waals surface area contributed by atoms with E-state index in [9.17, 15) is 14.4 Å². The molecule has 15 heteroatoms. The molecule has 3 N–H and O–H groups in total. The molecule has 0 amide bonds. The van der Waals surface area contributed by atoms with Crippen molar-refractivity contribution in [1.29, 1.82) is 0 Å². The fraction of sp³-hybridized carbons (Fsp3) is 0.167. The van der Waals surface area contributed by atoms with Gasteiger partial charge in [-0.05, 0) is 194 Å². The number of pyridine rings is 3. The van der Waals surface area contributed by atoms with Gasteiger partial charge in [-0.1, -0.05) is 212 Å². The molecule has 631 valence electrons. The third kappa shape index (κ3) is 27.2. The number of aromatic nitrogens is 3. The van der Waals surface area contributed by atoms with Gasteiger partial charge in [0.2, 0.25) is 0 Å². The van der Waals surface area contributed by atoms with E-state index in [0.29, 0.717) is 11.8 Å². The quantitative estimate of drug-likeness (QED) is 0.0501. The van der Waals surface area contributed by atoms with Crippen LogP contribution in [0.4, 0.5) is 0 Å².